The van der Waals surface area contributed by atoms with Crippen LogP contribution in [-0.2, 0) is 0 Å². The number of rotatable bonds is 2. The summed E-state index contributed by atoms with van der Waals surface area (Å²) < 4.78 is 0. The Balaban J connectivity index is 2.23. The van der Waals surface area contributed by atoms with Crippen LogP contribution in [0.2, 0.25) is 0 Å². The zero-order valence-corrected chi connectivity index (χ0v) is 9.19. The van der Waals surface area contributed by atoms with Crippen LogP contribution in [0.5, 0.6) is 0 Å². The van der Waals surface area contributed by atoms with Crippen molar-refractivity contribution in [2.75, 3.05) is 0 Å². The molecular weight excluding hydrogens is 190 g/mol. The molecule has 14 heavy (non-hydrogen) atoms. The van der Waals surface area contributed by atoms with E-state index in [1.54, 1.807) is 11.8 Å². The van der Waals surface area contributed by atoms with E-state index in [1.807, 2.05) is 6.07 Å². The maximum Gasteiger partial charge on any atom is 0.0329 e. The Morgan fingerprint density at radius 3 is 2.36 bits per heavy atom. The van der Waals surface area contributed by atoms with Crippen LogP contribution in [0.1, 0.15) is 11.4 Å². The van der Waals surface area contributed by atoms with Gasteiger partial charge in [0.15, 0.2) is 0 Å². The van der Waals surface area contributed by atoms with Crippen LogP contribution in [0.4, 0.5) is 0 Å². The molecule has 2 aromatic rings. The lowest BCUT2D eigenvalue weighted by Crippen LogP contribution is -1.74. The van der Waals surface area contributed by atoms with E-state index in [0.717, 1.165) is 0 Å². The van der Waals surface area contributed by atoms with Crippen molar-refractivity contribution in [1.29, 1.82) is 0 Å². The van der Waals surface area contributed by atoms with Gasteiger partial charge < -0.3 is 4.98 Å². The number of aromatic amines is 1. The first kappa shape index (κ1) is 9.41. The Kier molecular flexibility index (Phi) is 2.64. The van der Waals surface area contributed by atoms with E-state index in [2.05, 4.69) is 49.2 Å². The van der Waals surface area contributed by atoms with Gasteiger partial charge in [0.2, 0.25) is 0 Å². The average Bonchev–Trinajstić information content (AvgIpc) is 2.47. The molecule has 2 rings (SSSR count). The predicted molar refractivity (Wildman–Crippen MR) is 60.8 cm³/mol. The number of H-pyrrole nitrogens is 1. The number of aromatic nitrogens is 1. The van der Waals surface area contributed by atoms with Crippen molar-refractivity contribution in [2.24, 2.45) is 0 Å². The highest BCUT2D eigenvalue weighted by Gasteiger charge is 2.02. The molecule has 1 aromatic carbocycles. The molecule has 2 heteroatoms. The van der Waals surface area contributed by atoms with Gasteiger partial charge in [0.1, 0.15) is 0 Å². The van der Waals surface area contributed by atoms with E-state index >= 15 is 0 Å². The number of hydrogen-bond acceptors (Lipinski definition) is 1. The number of nitrogens with one attached hydrogen (secondary N) is 1. The molecule has 1 N–H and O–H groups in total. The first-order valence-electron chi connectivity index (χ1n) is 4.65. The molecule has 0 saturated heterocycles. The second kappa shape index (κ2) is 3.93. The molecule has 0 aliphatic carbocycles. The molecule has 0 saturated carbocycles. The summed E-state index contributed by atoms with van der Waals surface area (Å²) in [6, 6.07) is 12.6. The van der Waals surface area contributed by atoms with Crippen LogP contribution in [0.25, 0.3) is 0 Å². The number of hydrogen-bond donors (Lipinski definition) is 1. The molecule has 0 aliphatic rings. The van der Waals surface area contributed by atoms with Crippen molar-refractivity contribution >= 4 is 11.8 Å². The molecule has 0 radical (unpaired) electrons. The first-order valence-corrected chi connectivity index (χ1v) is 5.46. The largest absolute Gasteiger partial charge is 0.362 e. The smallest absolute Gasteiger partial charge is 0.0329 e. The SMILES string of the molecule is Cc1cc(Sc2ccccc2)c(C)[nH]1. The summed E-state index contributed by atoms with van der Waals surface area (Å²) in [6.07, 6.45) is 0. The fourth-order valence-electron chi connectivity index (χ4n) is 1.42. The Bertz CT molecular complexity index is 417. The van der Waals surface area contributed by atoms with Gasteiger partial charge in [-0.25, -0.2) is 0 Å². The summed E-state index contributed by atoms with van der Waals surface area (Å²) in [6.45, 7) is 4.19. The topological polar surface area (TPSA) is 15.8 Å². The van der Waals surface area contributed by atoms with Gasteiger partial charge in [-0.3, -0.25) is 0 Å². The highest BCUT2D eigenvalue weighted by Crippen LogP contribution is 2.30. The molecular formula is C12H13NS. The highest BCUT2D eigenvalue weighted by atomic mass is 32.2. The van der Waals surface area contributed by atoms with E-state index in [1.165, 1.54) is 21.2 Å². The van der Waals surface area contributed by atoms with Crippen LogP contribution in [-0.4, -0.2) is 4.98 Å². The molecule has 0 bridgehead atoms. The normalized spacial score (nSPS) is 10.4. The lowest BCUT2D eigenvalue weighted by molar-refractivity contribution is 1.16. The molecule has 72 valence electrons. The van der Waals surface area contributed by atoms with Crippen LogP contribution in [0.15, 0.2) is 46.2 Å². The summed E-state index contributed by atoms with van der Waals surface area (Å²) in [4.78, 5) is 5.91. The van der Waals surface area contributed by atoms with Crippen molar-refractivity contribution in [3.8, 4) is 0 Å². The second-order valence-electron chi connectivity index (χ2n) is 3.36. The minimum atomic E-state index is 1.22. The molecule has 0 spiro atoms. The quantitative estimate of drug-likeness (QED) is 0.785. The standard InChI is InChI=1S/C12H13NS/c1-9-8-12(10(2)13-9)14-11-6-4-3-5-7-11/h3-8,13H,1-2H3. The van der Waals surface area contributed by atoms with Crippen LogP contribution in [0.3, 0.4) is 0 Å². The van der Waals surface area contributed by atoms with Crippen LogP contribution < -0.4 is 0 Å². The Morgan fingerprint density at radius 1 is 1.07 bits per heavy atom. The van der Waals surface area contributed by atoms with Crippen molar-refractivity contribution in [1.82, 2.24) is 4.98 Å². The molecule has 0 unspecified atom stereocenters. The van der Waals surface area contributed by atoms with Gasteiger partial charge in [0, 0.05) is 21.2 Å². The average molecular weight is 203 g/mol. The zero-order valence-electron chi connectivity index (χ0n) is 8.37. The molecule has 0 aliphatic heterocycles. The Labute approximate surface area is 88.6 Å². The van der Waals surface area contributed by atoms with Gasteiger partial charge in [0.05, 0.1) is 0 Å². The van der Waals surface area contributed by atoms with Gasteiger partial charge in [0.25, 0.3) is 0 Å². The molecule has 0 atom stereocenters. The van der Waals surface area contributed by atoms with E-state index in [0.29, 0.717) is 0 Å². The summed E-state index contributed by atoms with van der Waals surface area (Å²) in [5, 5.41) is 0. The lowest BCUT2D eigenvalue weighted by Gasteiger charge is -1.98. The molecule has 0 amide bonds. The monoisotopic (exact) mass is 203 g/mol. The third-order valence-corrected chi connectivity index (χ3v) is 3.22. The molecule has 1 aromatic heterocycles. The summed E-state index contributed by atoms with van der Waals surface area (Å²) in [5.74, 6) is 0. The third-order valence-electron chi connectivity index (χ3n) is 2.07. The summed E-state index contributed by atoms with van der Waals surface area (Å²) >= 11 is 1.80. The molecule has 1 heterocycles. The Morgan fingerprint density at radius 2 is 1.79 bits per heavy atom. The van der Waals surface area contributed by atoms with Crippen LogP contribution >= 0.6 is 11.8 Å². The summed E-state index contributed by atoms with van der Waals surface area (Å²) in [5.41, 5.74) is 2.47. The van der Waals surface area contributed by atoms with Gasteiger partial charge in [-0.1, -0.05) is 30.0 Å². The minimum absolute atomic E-state index is 1.22. The first-order chi connectivity index (χ1) is 6.75. The van der Waals surface area contributed by atoms with E-state index < -0.39 is 0 Å². The second-order valence-corrected chi connectivity index (χ2v) is 4.47. The fourth-order valence-corrected chi connectivity index (χ4v) is 2.41. The van der Waals surface area contributed by atoms with Crippen molar-refractivity contribution in [3.05, 3.63) is 47.8 Å². The number of aryl methyl sites for hydroxylation is 2. The summed E-state index contributed by atoms with van der Waals surface area (Å²) in [7, 11) is 0. The van der Waals surface area contributed by atoms with Crippen molar-refractivity contribution in [3.63, 3.8) is 0 Å². The van der Waals surface area contributed by atoms with Crippen molar-refractivity contribution in [2.45, 2.75) is 23.6 Å². The van der Waals surface area contributed by atoms with Gasteiger partial charge >= 0.3 is 0 Å². The molecule has 1 nitrogen and oxygen atoms in total. The van der Waals surface area contributed by atoms with Crippen molar-refractivity contribution < 1.29 is 0 Å². The van der Waals surface area contributed by atoms with E-state index in [9.17, 15) is 0 Å². The highest BCUT2D eigenvalue weighted by molar-refractivity contribution is 7.99. The molecule has 0 fully saturated rings. The Hall–Kier alpha value is -1.15. The van der Waals surface area contributed by atoms with Gasteiger partial charge in [-0.05, 0) is 32.0 Å². The lowest BCUT2D eigenvalue weighted by atomic mass is 10.4. The van der Waals surface area contributed by atoms with Gasteiger partial charge in [-0.2, -0.15) is 0 Å². The van der Waals surface area contributed by atoms with E-state index in [4.69, 9.17) is 0 Å². The maximum absolute atomic E-state index is 3.31. The zero-order chi connectivity index (χ0) is 9.97. The van der Waals surface area contributed by atoms with E-state index in [-0.39, 0.29) is 0 Å². The number of benzene rings is 1. The third kappa shape index (κ3) is 2.02. The van der Waals surface area contributed by atoms with Gasteiger partial charge in [-0.15, -0.1) is 0 Å². The maximum atomic E-state index is 3.31. The predicted octanol–water partition coefficient (Wildman–Crippen LogP) is 3.78. The minimum Gasteiger partial charge on any atom is -0.362 e. The van der Waals surface area contributed by atoms with Crippen LogP contribution in [0, 0.1) is 13.8 Å². The fraction of sp³-hybridized carbons (Fsp3) is 0.167.